The second kappa shape index (κ2) is 7.20. The predicted octanol–water partition coefficient (Wildman–Crippen LogP) is 3.05. The lowest BCUT2D eigenvalue weighted by molar-refractivity contribution is 0.0522. The third-order valence-corrected chi connectivity index (χ3v) is 4.46. The van der Waals surface area contributed by atoms with Crippen molar-refractivity contribution in [3.05, 3.63) is 18.2 Å². The number of carbonyl (C=O) groups is 1. The minimum Gasteiger partial charge on any atom is -0.444 e. The highest BCUT2D eigenvalue weighted by molar-refractivity contribution is 7.99. The quantitative estimate of drug-likeness (QED) is 0.928. The van der Waals surface area contributed by atoms with Crippen LogP contribution in [0.15, 0.2) is 12.5 Å². The van der Waals surface area contributed by atoms with Gasteiger partial charge in [-0.25, -0.2) is 9.78 Å². The van der Waals surface area contributed by atoms with E-state index in [9.17, 15) is 4.79 Å². The molecule has 1 aliphatic rings. The van der Waals surface area contributed by atoms with Crippen LogP contribution in [0.5, 0.6) is 0 Å². The fourth-order valence-corrected chi connectivity index (χ4v) is 3.55. The van der Waals surface area contributed by atoms with Crippen molar-refractivity contribution in [1.82, 2.24) is 14.9 Å². The van der Waals surface area contributed by atoms with Crippen LogP contribution in [0.1, 0.15) is 39.3 Å². The lowest BCUT2D eigenvalue weighted by Gasteiger charge is -2.23. The van der Waals surface area contributed by atoms with Crippen molar-refractivity contribution < 1.29 is 9.53 Å². The van der Waals surface area contributed by atoms with Gasteiger partial charge < -0.3 is 14.6 Å². The van der Waals surface area contributed by atoms with Crippen LogP contribution in [-0.4, -0.2) is 32.8 Å². The van der Waals surface area contributed by atoms with E-state index in [1.165, 1.54) is 24.3 Å². The molecule has 0 spiro atoms. The summed E-state index contributed by atoms with van der Waals surface area (Å²) in [6, 6.07) is 0. The average Bonchev–Trinajstić information content (AvgIpc) is 2.83. The van der Waals surface area contributed by atoms with E-state index in [0.29, 0.717) is 6.54 Å². The zero-order valence-electron chi connectivity index (χ0n) is 13.1. The number of nitrogens with zero attached hydrogens (tertiary/aromatic N) is 2. The van der Waals surface area contributed by atoms with Crippen molar-refractivity contribution in [2.45, 2.75) is 52.3 Å². The van der Waals surface area contributed by atoms with Crippen LogP contribution in [0, 0.1) is 5.92 Å². The largest absolute Gasteiger partial charge is 0.444 e. The summed E-state index contributed by atoms with van der Waals surface area (Å²) in [6.07, 6.45) is 5.82. The summed E-state index contributed by atoms with van der Waals surface area (Å²) in [5.41, 5.74) is 0.559. The Morgan fingerprint density at radius 2 is 2.19 bits per heavy atom. The molecule has 0 atom stereocenters. The Kier molecular flexibility index (Phi) is 5.56. The van der Waals surface area contributed by atoms with E-state index < -0.39 is 5.60 Å². The van der Waals surface area contributed by atoms with Crippen LogP contribution in [0.4, 0.5) is 4.79 Å². The molecule has 1 amide bonds. The molecule has 1 saturated heterocycles. The zero-order valence-corrected chi connectivity index (χ0v) is 13.9. The van der Waals surface area contributed by atoms with Crippen molar-refractivity contribution in [1.29, 1.82) is 0 Å². The van der Waals surface area contributed by atoms with Gasteiger partial charge in [0.15, 0.2) is 0 Å². The maximum absolute atomic E-state index is 11.7. The van der Waals surface area contributed by atoms with Gasteiger partial charge in [0.25, 0.3) is 0 Å². The number of amides is 1. The Morgan fingerprint density at radius 1 is 1.48 bits per heavy atom. The first-order chi connectivity index (χ1) is 9.94. The standard InChI is InChI=1S/C15H25N3O2S/c1-15(2,3)20-14(19)17-9-13-8-16-11-18(13)10-12-4-6-21-7-5-12/h8,11-12H,4-7,9-10H2,1-3H3,(H,17,19). The van der Waals surface area contributed by atoms with Crippen LogP contribution in [0.25, 0.3) is 0 Å². The molecule has 0 radical (unpaired) electrons. The Bertz CT molecular complexity index is 462. The fourth-order valence-electron chi connectivity index (χ4n) is 2.34. The minimum absolute atomic E-state index is 0.385. The molecule has 1 aliphatic heterocycles. The molecule has 0 bridgehead atoms. The van der Waals surface area contributed by atoms with Gasteiger partial charge in [-0.15, -0.1) is 0 Å². The summed E-state index contributed by atoms with van der Waals surface area (Å²) >= 11 is 2.04. The first kappa shape index (κ1) is 16.2. The number of carbonyl (C=O) groups excluding carboxylic acids is 1. The van der Waals surface area contributed by atoms with Crippen LogP contribution >= 0.6 is 11.8 Å². The number of hydrogen-bond donors (Lipinski definition) is 1. The molecule has 2 heterocycles. The normalized spacial score (nSPS) is 16.7. The van der Waals surface area contributed by atoms with Gasteiger partial charge in [-0.05, 0) is 51.0 Å². The third-order valence-electron chi connectivity index (χ3n) is 3.41. The van der Waals surface area contributed by atoms with Gasteiger partial charge >= 0.3 is 6.09 Å². The van der Waals surface area contributed by atoms with Gasteiger partial charge in [-0.2, -0.15) is 11.8 Å². The Balaban J connectivity index is 1.84. The summed E-state index contributed by atoms with van der Waals surface area (Å²) in [4.78, 5) is 15.9. The molecule has 0 aliphatic carbocycles. The first-order valence-corrected chi connectivity index (χ1v) is 8.63. The number of ether oxygens (including phenoxy) is 1. The smallest absolute Gasteiger partial charge is 0.407 e. The van der Waals surface area contributed by atoms with E-state index in [0.717, 1.165) is 18.2 Å². The Labute approximate surface area is 130 Å². The van der Waals surface area contributed by atoms with Gasteiger partial charge in [0, 0.05) is 12.7 Å². The van der Waals surface area contributed by atoms with E-state index in [4.69, 9.17) is 4.74 Å². The molecule has 1 aromatic rings. The molecular formula is C15H25N3O2S. The minimum atomic E-state index is -0.468. The number of imidazole rings is 1. The number of aromatic nitrogens is 2. The molecular weight excluding hydrogens is 286 g/mol. The molecule has 118 valence electrons. The number of alkyl carbamates (subject to hydrolysis) is 1. The van der Waals surface area contributed by atoms with Crippen LogP contribution in [0.3, 0.4) is 0 Å². The molecule has 6 heteroatoms. The van der Waals surface area contributed by atoms with Gasteiger partial charge in [0.1, 0.15) is 5.60 Å². The molecule has 0 saturated carbocycles. The summed E-state index contributed by atoms with van der Waals surface area (Å²) < 4.78 is 7.39. The number of thioether (sulfide) groups is 1. The zero-order chi connectivity index (χ0) is 15.3. The average molecular weight is 311 g/mol. The fraction of sp³-hybridized carbons (Fsp3) is 0.733. The molecule has 5 nitrogen and oxygen atoms in total. The van der Waals surface area contributed by atoms with Gasteiger partial charge in [0.05, 0.1) is 18.6 Å². The summed E-state index contributed by atoms with van der Waals surface area (Å²) in [7, 11) is 0. The summed E-state index contributed by atoms with van der Waals surface area (Å²) in [6.45, 7) is 7.02. The molecule has 1 aromatic heterocycles. The maximum atomic E-state index is 11.7. The van der Waals surface area contributed by atoms with Gasteiger partial charge in [0.2, 0.25) is 0 Å². The van der Waals surface area contributed by atoms with Crippen molar-refractivity contribution in [2.75, 3.05) is 11.5 Å². The molecule has 0 unspecified atom stereocenters. The van der Waals surface area contributed by atoms with E-state index >= 15 is 0 Å². The Morgan fingerprint density at radius 3 is 2.86 bits per heavy atom. The molecule has 1 fully saturated rings. The topological polar surface area (TPSA) is 56.1 Å². The second-order valence-electron chi connectivity index (χ2n) is 6.45. The van der Waals surface area contributed by atoms with Crippen LogP contribution in [-0.2, 0) is 17.8 Å². The highest BCUT2D eigenvalue weighted by atomic mass is 32.2. The van der Waals surface area contributed by atoms with Crippen molar-refractivity contribution >= 4 is 17.9 Å². The van der Waals surface area contributed by atoms with Gasteiger partial charge in [-0.1, -0.05) is 0 Å². The summed E-state index contributed by atoms with van der Waals surface area (Å²) in [5.74, 6) is 3.23. The molecule has 21 heavy (non-hydrogen) atoms. The Hall–Kier alpha value is -1.17. The number of nitrogens with one attached hydrogen (secondary N) is 1. The molecule has 1 N–H and O–H groups in total. The van der Waals surface area contributed by atoms with Gasteiger partial charge in [-0.3, -0.25) is 0 Å². The predicted molar refractivity (Wildman–Crippen MR) is 85.3 cm³/mol. The molecule has 2 rings (SSSR count). The lowest BCUT2D eigenvalue weighted by Crippen LogP contribution is -2.32. The van der Waals surface area contributed by atoms with E-state index in [1.54, 1.807) is 0 Å². The molecule has 0 aromatic carbocycles. The SMILES string of the molecule is CC(C)(C)OC(=O)NCc1cncn1CC1CCSCC1. The van der Waals surface area contributed by atoms with Crippen LogP contribution in [0.2, 0.25) is 0 Å². The highest BCUT2D eigenvalue weighted by Crippen LogP contribution is 2.24. The first-order valence-electron chi connectivity index (χ1n) is 7.47. The lowest BCUT2D eigenvalue weighted by atomic mass is 10.0. The highest BCUT2D eigenvalue weighted by Gasteiger charge is 2.18. The van der Waals surface area contributed by atoms with E-state index in [2.05, 4.69) is 14.9 Å². The summed E-state index contributed by atoms with van der Waals surface area (Å²) in [5, 5.41) is 2.79. The monoisotopic (exact) mass is 311 g/mol. The van der Waals surface area contributed by atoms with Crippen molar-refractivity contribution in [2.24, 2.45) is 5.92 Å². The second-order valence-corrected chi connectivity index (χ2v) is 7.67. The van der Waals surface area contributed by atoms with E-state index in [-0.39, 0.29) is 6.09 Å². The third kappa shape index (κ3) is 5.61. The van der Waals surface area contributed by atoms with E-state index in [1.807, 2.05) is 45.1 Å². The number of rotatable bonds is 4. The van der Waals surface area contributed by atoms with Crippen molar-refractivity contribution in [3.63, 3.8) is 0 Å². The van der Waals surface area contributed by atoms with Crippen molar-refractivity contribution in [3.8, 4) is 0 Å². The number of hydrogen-bond acceptors (Lipinski definition) is 4. The van der Waals surface area contributed by atoms with Crippen LogP contribution < -0.4 is 5.32 Å². The maximum Gasteiger partial charge on any atom is 0.407 e.